The second-order valence-electron chi connectivity index (χ2n) is 4.84. The highest BCUT2D eigenvalue weighted by molar-refractivity contribution is 5.87. The molecule has 0 saturated heterocycles. The fourth-order valence-electron chi connectivity index (χ4n) is 2.25. The smallest absolute Gasteiger partial charge is 0.123 e. The molecule has 4 aromatic carbocycles. The van der Waals surface area contributed by atoms with Crippen molar-refractivity contribution >= 4 is 21.5 Å². The Morgan fingerprint density at radius 3 is 1.60 bits per heavy atom. The summed E-state index contributed by atoms with van der Waals surface area (Å²) in [5, 5.41) is 22.2. The Kier molecular flexibility index (Phi) is 16.1. The van der Waals surface area contributed by atoms with Crippen LogP contribution in [-0.2, 0) is 0 Å². The minimum absolute atomic E-state index is 0.0358. The van der Waals surface area contributed by atoms with E-state index in [-0.39, 0.29) is 23.6 Å². The molecule has 0 aliphatic heterocycles. The molecule has 4 aromatic rings. The van der Waals surface area contributed by atoms with Crippen LogP contribution in [0.25, 0.3) is 21.5 Å². The molecule has 0 atom stereocenters. The van der Waals surface area contributed by atoms with Crippen molar-refractivity contribution in [2.75, 3.05) is 0 Å². The van der Waals surface area contributed by atoms with Crippen molar-refractivity contribution in [1.82, 2.24) is 0 Å². The predicted molar refractivity (Wildman–Crippen MR) is 137 cm³/mol. The number of hydrogen-bond acceptors (Lipinski definition) is 2. The van der Waals surface area contributed by atoms with Crippen LogP contribution in [0.3, 0.4) is 0 Å². The van der Waals surface area contributed by atoms with Gasteiger partial charge < -0.3 is 10.2 Å². The van der Waals surface area contributed by atoms with E-state index < -0.39 is 0 Å². The molecule has 30 heavy (non-hydrogen) atoms. The second-order valence-corrected chi connectivity index (χ2v) is 4.84. The highest BCUT2D eigenvalue weighted by Gasteiger charge is 1.94. The third-order valence-electron chi connectivity index (χ3n) is 3.34. The third-order valence-corrected chi connectivity index (χ3v) is 3.34. The fourth-order valence-corrected chi connectivity index (χ4v) is 2.25. The summed E-state index contributed by atoms with van der Waals surface area (Å²) < 4.78 is 14.9. The van der Waals surface area contributed by atoms with Gasteiger partial charge in [-0.25, -0.2) is 0 Å². The van der Waals surface area contributed by atoms with E-state index in [1.165, 1.54) is 0 Å². The van der Waals surface area contributed by atoms with E-state index in [1.54, 1.807) is 12.1 Å². The summed E-state index contributed by atoms with van der Waals surface area (Å²) in [5.74, 6) is 0.0989. The lowest BCUT2D eigenvalue weighted by molar-refractivity contribution is 0.476. The Bertz CT molecular complexity index is 931. The van der Waals surface area contributed by atoms with Crippen LogP contribution in [0, 0.1) is 0 Å². The Hall–Kier alpha value is -3.00. The number of rotatable bonds is 0. The van der Waals surface area contributed by atoms with Crippen LogP contribution in [-0.4, -0.2) is 10.2 Å². The maximum absolute atomic E-state index is 9.47. The van der Waals surface area contributed by atoms with Gasteiger partial charge >= 0.3 is 0 Å². The summed E-state index contributed by atoms with van der Waals surface area (Å²) in [7, 11) is 0. The molecule has 0 bridgehead atoms. The molecule has 0 unspecified atom stereocenters. The van der Waals surface area contributed by atoms with Crippen molar-refractivity contribution < 1.29 is 13.0 Å². The maximum Gasteiger partial charge on any atom is 0.123 e. The number of fused-ring (bicyclic) bond motifs is 2. The Morgan fingerprint density at radius 2 is 1.00 bits per heavy atom. The lowest BCUT2D eigenvalue weighted by Crippen LogP contribution is -1.70. The van der Waals surface area contributed by atoms with Crippen molar-refractivity contribution in [3.05, 3.63) is 84.9 Å². The molecule has 0 radical (unpaired) electrons. The molecule has 0 amide bonds. The minimum atomic E-state index is 0.0358. The summed E-state index contributed by atoms with van der Waals surface area (Å²) in [6.45, 7) is 16.0. The van der Waals surface area contributed by atoms with Crippen LogP contribution in [0.1, 0.15) is 58.1 Å². The second kappa shape index (κ2) is 19.3. The number of phenolic OH excluding ortho intramolecular Hbond substituents is 2. The average molecular weight is 411 g/mol. The van der Waals surface area contributed by atoms with E-state index >= 15 is 0 Å². The zero-order chi connectivity index (χ0) is 25.1. The molecular weight excluding hydrogens is 368 g/mol. The van der Waals surface area contributed by atoms with Gasteiger partial charge in [-0.05, 0) is 34.3 Å². The highest BCUT2D eigenvalue weighted by atomic mass is 16.3. The quantitative estimate of drug-likeness (QED) is 0.303. The molecular formula is C28H40O2. The molecule has 2 heteroatoms. The van der Waals surface area contributed by atoms with E-state index in [9.17, 15) is 10.2 Å². The van der Waals surface area contributed by atoms with Crippen LogP contribution in [0.5, 0.6) is 11.5 Å². The maximum atomic E-state index is 9.47. The van der Waals surface area contributed by atoms with Crippen LogP contribution in [0.15, 0.2) is 84.9 Å². The lowest BCUT2D eigenvalue weighted by atomic mass is 10.1. The topological polar surface area (TPSA) is 40.5 Å². The standard InChI is InChI=1S/2C10H8O.4C2H6/c11-10-7-3-5-8-4-1-2-6-9(8)10;11-10-6-5-8-3-1-2-4-9(8)7-10;4*1-2/h2*1-7,11H;4*1-2H3/i2*7D;;;;. The van der Waals surface area contributed by atoms with E-state index in [2.05, 4.69) is 0 Å². The molecule has 4 rings (SSSR count). The molecule has 0 aliphatic rings. The van der Waals surface area contributed by atoms with Crippen molar-refractivity contribution in [1.29, 1.82) is 0 Å². The van der Waals surface area contributed by atoms with Crippen molar-refractivity contribution in [2.45, 2.75) is 55.4 Å². The first kappa shape index (κ1) is 25.0. The van der Waals surface area contributed by atoms with Crippen LogP contribution < -0.4 is 0 Å². The van der Waals surface area contributed by atoms with Gasteiger partial charge in [-0.3, -0.25) is 0 Å². The van der Waals surface area contributed by atoms with E-state index in [0.717, 1.165) is 21.5 Å². The molecule has 0 spiro atoms. The summed E-state index contributed by atoms with van der Waals surface area (Å²) in [5.41, 5.74) is 0. The van der Waals surface area contributed by atoms with Gasteiger partial charge in [-0.15, -0.1) is 0 Å². The normalized spacial score (nSPS) is 9.20. The SMILES string of the molecule is CC.CC.CC.CC.[2H]c1c(O)ccc2ccccc12.[2H]c1ccc2ccccc2c1O. The summed E-state index contributed by atoms with van der Waals surface area (Å²) in [6.07, 6.45) is 0. The Labute approximate surface area is 186 Å². The Morgan fingerprint density at radius 1 is 0.533 bits per heavy atom. The predicted octanol–water partition coefficient (Wildman–Crippen LogP) is 9.20. The summed E-state index contributed by atoms with van der Waals surface area (Å²) in [6, 6.07) is 22.2. The lowest BCUT2D eigenvalue weighted by Gasteiger charge is -1.97. The fraction of sp³-hybridized carbons (Fsp3) is 0.286. The highest BCUT2D eigenvalue weighted by Crippen LogP contribution is 2.23. The third kappa shape index (κ3) is 9.97. The largest absolute Gasteiger partial charge is 0.508 e. The molecule has 0 aliphatic carbocycles. The van der Waals surface area contributed by atoms with Crippen molar-refractivity contribution in [3.63, 3.8) is 0 Å². The van der Waals surface area contributed by atoms with Gasteiger partial charge in [-0.2, -0.15) is 0 Å². The molecule has 0 fully saturated rings. The number of benzene rings is 4. The van der Waals surface area contributed by atoms with Crippen molar-refractivity contribution in [2.24, 2.45) is 0 Å². The van der Waals surface area contributed by atoms with Gasteiger partial charge in [0.15, 0.2) is 0 Å². The molecule has 2 nitrogen and oxygen atoms in total. The van der Waals surface area contributed by atoms with Gasteiger partial charge in [-0.1, -0.05) is 122 Å². The molecule has 0 heterocycles. The van der Waals surface area contributed by atoms with E-state index in [0.29, 0.717) is 0 Å². The summed E-state index contributed by atoms with van der Waals surface area (Å²) >= 11 is 0. The minimum Gasteiger partial charge on any atom is -0.508 e. The number of phenols is 2. The Balaban J connectivity index is 0. The van der Waals surface area contributed by atoms with Crippen molar-refractivity contribution in [3.8, 4) is 11.5 Å². The van der Waals surface area contributed by atoms with Crippen LogP contribution in [0.4, 0.5) is 0 Å². The monoisotopic (exact) mass is 410 g/mol. The average Bonchev–Trinajstić information content (AvgIpc) is 2.89. The zero-order valence-corrected chi connectivity index (χ0v) is 19.8. The van der Waals surface area contributed by atoms with Gasteiger partial charge in [0.1, 0.15) is 11.5 Å². The molecule has 0 aromatic heterocycles. The van der Waals surface area contributed by atoms with Gasteiger partial charge in [0.2, 0.25) is 0 Å². The first-order chi connectivity index (χ1) is 15.6. The molecule has 2 N–H and O–H groups in total. The van der Waals surface area contributed by atoms with Crippen LogP contribution in [0.2, 0.25) is 0 Å². The van der Waals surface area contributed by atoms with E-state index in [4.69, 9.17) is 2.74 Å². The first-order valence-electron chi connectivity index (χ1n) is 11.9. The number of hydrogen-bond donors (Lipinski definition) is 2. The molecule has 0 saturated carbocycles. The van der Waals surface area contributed by atoms with Gasteiger partial charge in [0.05, 0.1) is 2.74 Å². The number of aromatic hydroxyl groups is 2. The first-order valence-corrected chi connectivity index (χ1v) is 10.9. The van der Waals surface area contributed by atoms with Gasteiger partial charge in [0.25, 0.3) is 0 Å². The molecule has 164 valence electrons. The van der Waals surface area contributed by atoms with Gasteiger partial charge in [0, 0.05) is 5.39 Å². The van der Waals surface area contributed by atoms with Crippen LogP contribution >= 0.6 is 0 Å². The summed E-state index contributed by atoms with van der Waals surface area (Å²) in [4.78, 5) is 0. The zero-order valence-electron chi connectivity index (χ0n) is 21.8. The van der Waals surface area contributed by atoms with E-state index in [1.807, 2.05) is 116 Å².